The SMILES string of the molecule is CCOC(=O)C(CC)Oc1ccc(SCc2[se]c(-c3ccc(C(F)(F)F)cc3)nc2C)cc1C. The van der Waals surface area contributed by atoms with Crippen molar-refractivity contribution in [1.82, 2.24) is 4.98 Å². The molecule has 9 heteroatoms. The van der Waals surface area contributed by atoms with Gasteiger partial charge in [-0.2, -0.15) is 0 Å². The van der Waals surface area contributed by atoms with Crippen LogP contribution in [-0.2, 0) is 21.5 Å². The number of hydrogen-bond donors (Lipinski definition) is 0. The summed E-state index contributed by atoms with van der Waals surface area (Å²) in [6.45, 7) is 7.84. The topological polar surface area (TPSA) is 48.4 Å². The van der Waals surface area contributed by atoms with Crippen molar-refractivity contribution in [3.05, 3.63) is 63.7 Å². The normalized spacial score (nSPS) is 12.4. The van der Waals surface area contributed by atoms with Crippen LogP contribution in [0.25, 0.3) is 10.1 Å². The van der Waals surface area contributed by atoms with Crippen LogP contribution in [0.1, 0.15) is 41.5 Å². The number of esters is 1. The van der Waals surface area contributed by atoms with Gasteiger partial charge in [-0.05, 0) is 6.92 Å². The number of carbonyl (C=O) groups excluding carboxylic acids is 1. The van der Waals surface area contributed by atoms with Gasteiger partial charge < -0.3 is 0 Å². The van der Waals surface area contributed by atoms with Crippen LogP contribution >= 0.6 is 11.8 Å². The Labute approximate surface area is 207 Å². The van der Waals surface area contributed by atoms with Crippen LogP contribution in [0.15, 0.2) is 47.4 Å². The number of nitrogens with zero attached hydrogens (tertiary/aromatic N) is 1. The summed E-state index contributed by atoms with van der Waals surface area (Å²) in [6, 6.07) is 11.0. The number of alkyl halides is 3. The maximum absolute atomic E-state index is 12.8. The van der Waals surface area contributed by atoms with E-state index in [0.29, 0.717) is 18.8 Å². The van der Waals surface area contributed by atoms with Crippen LogP contribution < -0.4 is 4.74 Å². The molecule has 4 nitrogen and oxygen atoms in total. The quantitative estimate of drug-likeness (QED) is 0.172. The third-order valence-electron chi connectivity index (χ3n) is 5.06. The molecular formula is C25H26F3NO3SSe. The molecule has 3 aromatic rings. The standard InChI is InChI=1S/C25H26F3NO3SSe/c1-5-20(24(30)31-6-2)32-21-12-11-19(13-15(21)3)33-14-22-16(4)29-23(34-22)17-7-9-18(10-8-17)25(26,27)28/h7-13,20H,5-6,14H2,1-4H3. The average Bonchev–Trinajstić information content (AvgIpc) is 3.17. The molecule has 0 saturated heterocycles. The molecule has 0 radical (unpaired) electrons. The number of aromatic nitrogens is 1. The molecule has 0 fully saturated rings. The fourth-order valence-corrected chi connectivity index (χ4v) is 6.71. The molecule has 3 rings (SSSR count). The molecule has 34 heavy (non-hydrogen) atoms. The molecule has 0 spiro atoms. The van der Waals surface area contributed by atoms with Crippen molar-refractivity contribution in [1.29, 1.82) is 0 Å². The maximum atomic E-state index is 12.8. The number of ether oxygens (including phenoxy) is 2. The minimum absolute atomic E-state index is 0.0388. The summed E-state index contributed by atoms with van der Waals surface area (Å²) in [4.78, 5) is 17.7. The van der Waals surface area contributed by atoms with Gasteiger partial charge in [-0.25, -0.2) is 0 Å². The molecule has 182 valence electrons. The Morgan fingerprint density at radius 1 is 1.12 bits per heavy atom. The molecule has 0 aliphatic carbocycles. The van der Waals surface area contributed by atoms with Crippen LogP contribution in [0.2, 0.25) is 0 Å². The number of hydrogen-bond acceptors (Lipinski definition) is 5. The first-order valence-electron chi connectivity index (χ1n) is 10.8. The molecule has 0 aliphatic rings. The van der Waals surface area contributed by atoms with Gasteiger partial charge in [0.2, 0.25) is 0 Å². The summed E-state index contributed by atoms with van der Waals surface area (Å²) in [5.41, 5.74) is 1.94. The zero-order chi connectivity index (χ0) is 24.9. The second-order valence-corrected chi connectivity index (χ2v) is 10.9. The van der Waals surface area contributed by atoms with Gasteiger partial charge in [-0.1, -0.05) is 0 Å². The van der Waals surface area contributed by atoms with E-state index >= 15 is 0 Å². The molecular weight excluding hydrogens is 530 g/mol. The van der Waals surface area contributed by atoms with Gasteiger partial charge in [-0.3, -0.25) is 0 Å². The summed E-state index contributed by atoms with van der Waals surface area (Å²) >= 11 is 1.64. The molecule has 0 saturated carbocycles. The molecule has 2 aromatic carbocycles. The van der Waals surface area contributed by atoms with Crippen LogP contribution in [0.4, 0.5) is 13.2 Å². The van der Waals surface area contributed by atoms with Crippen LogP contribution in [0.3, 0.4) is 0 Å². The van der Waals surface area contributed by atoms with E-state index in [1.807, 2.05) is 39.0 Å². The second kappa shape index (κ2) is 11.5. The zero-order valence-electron chi connectivity index (χ0n) is 19.4. The molecule has 0 amide bonds. The molecule has 1 atom stereocenters. The Bertz CT molecular complexity index is 1130. The molecule has 0 N–H and O–H groups in total. The fraction of sp³-hybridized carbons (Fsp3) is 0.360. The van der Waals surface area contributed by atoms with Gasteiger partial charge in [0.25, 0.3) is 0 Å². The van der Waals surface area contributed by atoms with E-state index < -0.39 is 17.8 Å². The van der Waals surface area contributed by atoms with Gasteiger partial charge in [0.15, 0.2) is 0 Å². The predicted molar refractivity (Wildman–Crippen MR) is 128 cm³/mol. The first kappa shape index (κ1) is 26.4. The Hall–Kier alpha value is -2.22. The summed E-state index contributed by atoms with van der Waals surface area (Å²) in [7, 11) is 0. The zero-order valence-corrected chi connectivity index (χ0v) is 21.9. The third kappa shape index (κ3) is 6.68. The molecule has 0 bridgehead atoms. The van der Waals surface area contributed by atoms with E-state index in [2.05, 4.69) is 4.98 Å². The monoisotopic (exact) mass is 557 g/mol. The first-order chi connectivity index (χ1) is 16.1. The van der Waals surface area contributed by atoms with E-state index in [9.17, 15) is 18.0 Å². The number of carbonyl (C=O) groups is 1. The van der Waals surface area contributed by atoms with E-state index in [1.165, 1.54) is 16.6 Å². The van der Waals surface area contributed by atoms with Gasteiger partial charge >= 0.3 is 201 Å². The fourth-order valence-electron chi connectivity index (χ4n) is 3.17. The summed E-state index contributed by atoms with van der Waals surface area (Å²) in [5.74, 6) is 1.04. The predicted octanol–water partition coefficient (Wildman–Crippen LogP) is 6.45. The Morgan fingerprint density at radius 3 is 2.41 bits per heavy atom. The minimum atomic E-state index is -4.34. The Morgan fingerprint density at radius 2 is 1.82 bits per heavy atom. The van der Waals surface area contributed by atoms with E-state index in [0.717, 1.165) is 44.2 Å². The number of benzene rings is 2. The van der Waals surface area contributed by atoms with E-state index in [-0.39, 0.29) is 20.5 Å². The Balaban J connectivity index is 1.66. The van der Waals surface area contributed by atoms with Crippen LogP contribution in [-0.4, -0.2) is 38.2 Å². The number of rotatable bonds is 9. The van der Waals surface area contributed by atoms with Crippen molar-refractivity contribution in [2.24, 2.45) is 0 Å². The average molecular weight is 557 g/mol. The van der Waals surface area contributed by atoms with Crippen molar-refractivity contribution in [2.75, 3.05) is 6.61 Å². The summed E-state index contributed by atoms with van der Waals surface area (Å²) < 4.78 is 51.4. The van der Waals surface area contributed by atoms with Gasteiger partial charge in [0, 0.05) is 0 Å². The van der Waals surface area contributed by atoms with Crippen molar-refractivity contribution < 1.29 is 27.4 Å². The number of thioether (sulfide) groups is 1. The first-order valence-corrected chi connectivity index (χ1v) is 13.5. The summed E-state index contributed by atoms with van der Waals surface area (Å²) in [5, 5.41) is 0. The van der Waals surface area contributed by atoms with Crippen LogP contribution in [0.5, 0.6) is 5.75 Å². The van der Waals surface area contributed by atoms with E-state index in [4.69, 9.17) is 9.47 Å². The van der Waals surface area contributed by atoms with Gasteiger partial charge in [0.05, 0.1) is 0 Å². The van der Waals surface area contributed by atoms with Crippen molar-refractivity contribution in [3.63, 3.8) is 0 Å². The third-order valence-corrected chi connectivity index (χ3v) is 9.02. The van der Waals surface area contributed by atoms with Gasteiger partial charge in [0.1, 0.15) is 0 Å². The molecule has 1 unspecified atom stereocenters. The second-order valence-electron chi connectivity index (χ2n) is 7.59. The number of halogens is 3. The van der Waals surface area contributed by atoms with Crippen molar-refractivity contribution in [3.8, 4) is 15.9 Å². The Kier molecular flexibility index (Phi) is 8.90. The molecule has 1 heterocycles. The summed E-state index contributed by atoms with van der Waals surface area (Å²) in [6.07, 6.45) is -4.45. The van der Waals surface area contributed by atoms with Crippen molar-refractivity contribution >= 4 is 32.2 Å². The number of aryl methyl sites for hydroxylation is 2. The van der Waals surface area contributed by atoms with Gasteiger partial charge in [-0.15, -0.1) is 0 Å². The van der Waals surface area contributed by atoms with Crippen LogP contribution in [0, 0.1) is 13.8 Å². The molecule has 0 aliphatic heterocycles. The van der Waals surface area contributed by atoms with E-state index in [1.54, 1.807) is 18.7 Å². The molecule has 1 aromatic heterocycles. The van der Waals surface area contributed by atoms with Crippen molar-refractivity contribution in [2.45, 2.75) is 57.0 Å².